The van der Waals surface area contributed by atoms with Crippen LogP contribution in [0.1, 0.15) is 40.5 Å². The summed E-state index contributed by atoms with van der Waals surface area (Å²) in [6, 6.07) is 5.62. The number of piperidine rings is 1. The quantitative estimate of drug-likeness (QED) is 0.871. The Morgan fingerprint density at radius 3 is 2.91 bits per heavy atom. The van der Waals surface area contributed by atoms with Crippen molar-refractivity contribution in [3.8, 4) is 5.75 Å². The summed E-state index contributed by atoms with van der Waals surface area (Å²) >= 11 is 0. The number of aryl methyl sites for hydroxylation is 2. The van der Waals surface area contributed by atoms with Gasteiger partial charge in [-0.05, 0) is 37.5 Å². The van der Waals surface area contributed by atoms with Crippen LogP contribution < -0.4 is 4.74 Å². The van der Waals surface area contributed by atoms with Gasteiger partial charge in [-0.15, -0.1) is 10.2 Å². The van der Waals surface area contributed by atoms with Crippen molar-refractivity contribution in [2.24, 2.45) is 7.05 Å². The lowest BCUT2D eigenvalue weighted by Gasteiger charge is -2.32. The van der Waals surface area contributed by atoms with Crippen molar-refractivity contribution >= 4 is 5.91 Å². The molecule has 1 aliphatic heterocycles. The van der Waals surface area contributed by atoms with E-state index in [-0.39, 0.29) is 11.8 Å². The van der Waals surface area contributed by atoms with E-state index in [1.165, 1.54) is 0 Å². The number of ether oxygens (including phenoxy) is 1. The molecule has 6 heteroatoms. The average molecular weight is 314 g/mol. The summed E-state index contributed by atoms with van der Waals surface area (Å²) in [4.78, 5) is 14.7. The Bertz CT molecular complexity index is 710. The first kappa shape index (κ1) is 15.5. The summed E-state index contributed by atoms with van der Waals surface area (Å²) in [5.74, 6) is 1.99. The molecule has 0 saturated carbocycles. The van der Waals surface area contributed by atoms with E-state index in [1.807, 2.05) is 41.6 Å². The van der Waals surface area contributed by atoms with E-state index in [0.717, 1.165) is 36.5 Å². The van der Waals surface area contributed by atoms with Crippen molar-refractivity contribution < 1.29 is 9.53 Å². The number of carbonyl (C=O) groups excluding carboxylic acids is 1. The zero-order valence-corrected chi connectivity index (χ0v) is 13.8. The number of rotatable bonds is 3. The van der Waals surface area contributed by atoms with Crippen molar-refractivity contribution in [3.05, 3.63) is 41.5 Å². The van der Waals surface area contributed by atoms with Crippen molar-refractivity contribution in [2.45, 2.75) is 25.7 Å². The maximum absolute atomic E-state index is 12.8. The maximum Gasteiger partial charge on any atom is 0.254 e. The molecule has 1 unspecified atom stereocenters. The first-order valence-electron chi connectivity index (χ1n) is 7.88. The Hall–Kier alpha value is -2.37. The fourth-order valence-electron chi connectivity index (χ4n) is 3.17. The molecule has 2 aromatic rings. The van der Waals surface area contributed by atoms with Gasteiger partial charge in [0.1, 0.15) is 17.9 Å². The lowest BCUT2D eigenvalue weighted by Crippen LogP contribution is -2.39. The molecule has 3 rings (SSSR count). The van der Waals surface area contributed by atoms with E-state index in [1.54, 1.807) is 13.4 Å². The summed E-state index contributed by atoms with van der Waals surface area (Å²) in [6.07, 6.45) is 3.72. The van der Waals surface area contributed by atoms with Crippen molar-refractivity contribution in [1.82, 2.24) is 19.7 Å². The molecule has 1 atom stereocenters. The fraction of sp³-hybridized carbons (Fsp3) is 0.471. The van der Waals surface area contributed by atoms with Crippen LogP contribution in [0, 0.1) is 6.92 Å². The largest absolute Gasteiger partial charge is 0.496 e. The topological polar surface area (TPSA) is 60.2 Å². The van der Waals surface area contributed by atoms with Crippen molar-refractivity contribution in [2.75, 3.05) is 20.2 Å². The van der Waals surface area contributed by atoms with Gasteiger partial charge in [0, 0.05) is 31.6 Å². The number of nitrogens with zero attached hydrogens (tertiary/aromatic N) is 4. The van der Waals surface area contributed by atoms with E-state index >= 15 is 0 Å². The average Bonchev–Trinajstić information content (AvgIpc) is 3.01. The zero-order valence-electron chi connectivity index (χ0n) is 13.8. The predicted octanol–water partition coefficient (Wildman–Crippen LogP) is 2.15. The number of hydrogen-bond donors (Lipinski definition) is 0. The number of amides is 1. The van der Waals surface area contributed by atoms with Gasteiger partial charge < -0.3 is 14.2 Å². The molecule has 1 aromatic carbocycles. The first-order valence-corrected chi connectivity index (χ1v) is 7.88. The van der Waals surface area contributed by atoms with Crippen molar-refractivity contribution in [3.63, 3.8) is 0 Å². The number of hydrogen-bond acceptors (Lipinski definition) is 4. The molecule has 0 radical (unpaired) electrons. The number of likely N-dealkylation sites (tertiary alicyclic amines) is 1. The molecule has 1 aromatic heterocycles. The first-order chi connectivity index (χ1) is 11.1. The van der Waals surface area contributed by atoms with Crippen LogP contribution in [-0.4, -0.2) is 45.8 Å². The van der Waals surface area contributed by atoms with Gasteiger partial charge in [0.2, 0.25) is 0 Å². The van der Waals surface area contributed by atoms with Gasteiger partial charge in [-0.2, -0.15) is 0 Å². The normalized spacial score (nSPS) is 18.0. The third-order valence-corrected chi connectivity index (χ3v) is 4.48. The van der Waals surface area contributed by atoms with E-state index in [0.29, 0.717) is 12.1 Å². The van der Waals surface area contributed by atoms with Crippen molar-refractivity contribution in [1.29, 1.82) is 0 Å². The zero-order chi connectivity index (χ0) is 16.4. The molecule has 0 bridgehead atoms. The lowest BCUT2D eigenvalue weighted by atomic mass is 9.96. The van der Waals surface area contributed by atoms with E-state index in [4.69, 9.17) is 4.74 Å². The highest BCUT2D eigenvalue weighted by atomic mass is 16.5. The van der Waals surface area contributed by atoms with Gasteiger partial charge in [0.05, 0.1) is 7.11 Å². The number of aromatic nitrogens is 3. The highest BCUT2D eigenvalue weighted by molar-refractivity contribution is 5.94. The van der Waals surface area contributed by atoms with E-state index in [2.05, 4.69) is 10.2 Å². The van der Waals surface area contributed by atoms with Gasteiger partial charge in [-0.25, -0.2) is 0 Å². The van der Waals surface area contributed by atoms with Crippen LogP contribution in [0.2, 0.25) is 0 Å². The Morgan fingerprint density at radius 2 is 2.22 bits per heavy atom. The van der Waals surface area contributed by atoms with Crippen LogP contribution in [0.4, 0.5) is 0 Å². The van der Waals surface area contributed by atoms with Crippen LogP contribution in [0.3, 0.4) is 0 Å². The number of methoxy groups -OCH3 is 1. The Balaban J connectivity index is 1.78. The van der Waals surface area contributed by atoms with Crippen LogP contribution in [-0.2, 0) is 7.05 Å². The third kappa shape index (κ3) is 3.06. The molecular formula is C17H22N4O2. The second-order valence-electron chi connectivity index (χ2n) is 6.07. The molecule has 0 aliphatic carbocycles. The molecular weight excluding hydrogens is 292 g/mol. The lowest BCUT2D eigenvalue weighted by molar-refractivity contribution is 0.0703. The maximum atomic E-state index is 12.8. The smallest absolute Gasteiger partial charge is 0.254 e. The molecule has 6 nitrogen and oxygen atoms in total. The number of benzene rings is 1. The standard InChI is InChI=1S/C17H22N4O2/c1-12-6-7-13(9-15(12)23-3)17(22)21-8-4-5-14(10-21)16-19-18-11-20(16)2/h6-7,9,11,14H,4-5,8,10H2,1-3H3. The van der Waals surface area contributed by atoms with Gasteiger partial charge in [0.15, 0.2) is 0 Å². The Labute approximate surface area is 136 Å². The number of carbonyl (C=O) groups is 1. The minimum absolute atomic E-state index is 0.0511. The summed E-state index contributed by atoms with van der Waals surface area (Å²) in [5, 5.41) is 8.15. The predicted molar refractivity (Wildman–Crippen MR) is 86.6 cm³/mol. The molecule has 0 spiro atoms. The Morgan fingerprint density at radius 1 is 1.39 bits per heavy atom. The molecule has 1 saturated heterocycles. The molecule has 0 N–H and O–H groups in total. The monoisotopic (exact) mass is 314 g/mol. The van der Waals surface area contributed by atoms with Gasteiger partial charge >= 0.3 is 0 Å². The second-order valence-corrected chi connectivity index (χ2v) is 6.07. The summed E-state index contributed by atoms with van der Waals surface area (Å²) in [6.45, 7) is 3.43. The minimum Gasteiger partial charge on any atom is -0.496 e. The van der Waals surface area contributed by atoms with Gasteiger partial charge in [-0.1, -0.05) is 6.07 Å². The summed E-state index contributed by atoms with van der Waals surface area (Å²) in [5.41, 5.74) is 1.70. The summed E-state index contributed by atoms with van der Waals surface area (Å²) in [7, 11) is 3.57. The van der Waals surface area contributed by atoms with Crippen LogP contribution in [0.25, 0.3) is 0 Å². The molecule has 122 valence electrons. The third-order valence-electron chi connectivity index (χ3n) is 4.48. The van der Waals surface area contributed by atoms with Crippen LogP contribution >= 0.6 is 0 Å². The summed E-state index contributed by atoms with van der Waals surface area (Å²) < 4.78 is 7.26. The second kappa shape index (κ2) is 6.40. The highest BCUT2D eigenvalue weighted by Gasteiger charge is 2.28. The molecule has 1 aliphatic rings. The van der Waals surface area contributed by atoms with E-state index < -0.39 is 0 Å². The molecule has 2 heterocycles. The molecule has 23 heavy (non-hydrogen) atoms. The fourth-order valence-corrected chi connectivity index (χ4v) is 3.17. The minimum atomic E-state index is 0.0511. The van der Waals surface area contributed by atoms with E-state index in [9.17, 15) is 4.79 Å². The van der Waals surface area contributed by atoms with Crippen LogP contribution in [0.15, 0.2) is 24.5 Å². The highest BCUT2D eigenvalue weighted by Crippen LogP contribution is 2.27. The van der Waals surface area contributed by atoms with Crippen LogP contribution in [0.5, 0.6) is 5.75 Å². The van der Waals surface area contributed by atoms with Gasteiger partial charge in [-0.3, -0.25) is 4.79 Å². The Kier molecular flexibility index (Phi) is 4.32. The SMILES string of the molecule is COc1cc(C(=O)N2CCCC(c3nncn3C)C2)ccc1C. The molecule has 1 fully saturated rings. The molecule has 1 amide bonds. The van der Waals surface area contributed by atoms with Gasteiger partial charge in [0.25, 0.3) is 5.91 Å².